The van der Waals surface area contributed by atoms with Crippen molar-refractivity contribution in [2.24, 2.45) is 11.8 Å². The molecule has 4 atom stereocenters. The molecule has 35 heavy (non-hydrogen) atoms. The number of hydrogen-bond acceptors (Lipinski definition) is 4. The first-order valence-electron chi connectivity index (χ1n) is 12.4. The summed E-state index contributed by atoms with van der Waals surface area (Å²) in [5.74, 6) is 0.303. The molecule has 2 heterocycles. The maximum Gasteiger partial charge on any atom is 0.243 e. The van der Waals surface area contributed by atoms with Gasteiger partial charge in [-0.25, -0.2) is 4.39 Å². The number of nitrogens with one attached hydrogen (secondary N) is 2. The second-order valence-electron chi connectivity index (χ2n) is 10.1. The van der Waals surface area contributed by atoms with Crippen LogP contribution in [0.15, 0.2) is 54.7 Å². The van der Waals surface area contributed by atoms with Crippen LogP contribution in [0.2, 0.25) is 0 Å². The summed E-state index contributed by atoms with van der Waals surface area (Å²) >= 11 is 0. The lowest BCUT2D eigenvalue weighted by atomic mass is 9.73. The van der Waals surface area contributed by atoms with Crippen LogP contribution in [0.3, 0.4) is 0 Å². The fraction of sp³-hybridized carbons (Fsp3) is 0.407. The predicted octanol–water partition coefficient (Wildman–Crippen LogP) is 3.51. The van der Waals surface area contributed by atoms with Gasteiger partial charge < -0.3 is 10.2 Å². The molecule has 0 spiro atoms. The van der Waals surface area contributed by atoms with Crippen LogP contribution in [0.1, 0.15) is 60.0 Å². The Hall–Kier alpha value is -3.55. The van der Waals surface area contributed by atoms with Crippen LogP contribution in [-0.2, 0) is 16.0 Å². The van der Waals surface area contributed by atoms with Crippen LogP contribution in [0.25, 0.3) is 0 Å². The smallest absolute Gasteiger partial charge is 0.243 e. The van der Waals surface area contributed by atoms with Crippen molar-refractivity contribution in [3.8, 4) is 0 Å². The largest absolute Gasteiger partial charge is 0.343 e. The Bertz CT molecular complexity index is 1230. The molecule has 2 aromatic carbocycles. The van der Waals surface area contributed by atoms with E-state index in [0.29, 0.717) is 29.6 Å². The van der Waals surface area contributed by atoms with Gasteiger partial charge in [-0.3, -0.25) is 14.7 Å². The first-order chi connectivity index (χ1) is 17.1. The number of rotatable bonds is 7. The number of fused-ring (bicyclic) bond motifs is 1. The number of benzene rings is 2. The molecule has 2 aliphatic carbocycles. The summed E-state index contributed by atoms with van der Waals surface area (Å²) in [5, 5.41) is 13.3. The third-order valence-electron chi connectivity index (χ3n) is 7.84. The van der Waals surface area contributed by atoms with E-state index in [1.807, 2.05) is 42.5 Å². The molecule has 2 saturated carbocycles. The van der Waals surface area contributed by atoms with Crippen molar-refractivity contribution in [3.05, 3.63) is 82.9 Å². The van der Waals surface area contributed by atoms with Crippen molar-refractivity contribution in [1.29, 1.82) is 0 Å². The zero-order valence-corrected chi connectivity index (χ0v) is 19.4. The number of hydrogen-bond donors (Lipinski definition) is 2. The SMILES string of the molecule is O=C(N[C@@H](c1ccccc1)c1ccc(C2CC2)c(F)c1)[C@@H]1[C@H]2CC[C@H]2CN1C(=O)Cc1cnn[nH]1. The molecule has 2 amide bonds. The quantitative estimate of drug-likeness (QED) is 0.550. The molecule has 1 saturated heterocycles. The van der Waals surface area contributed by atoms with Crippen LogP contribution < -0.4 is 5.32 Å². The maximum atomic E-state index is 14.9. The predicted molar refractivity (Wildman–Crippen MR) is 127 cm³/mol. The molecule has 180 valence electrons. The Labute approximate surface area is 203 Å². The number of halogens is 1. The van der Waals surface area contributed by atoms with Gasteiger partial charge in [0.15, 0.2) is 0 Å². The van der Waals surface area contributed by atoms with E-state index < -0.39 is 12.1 Å². The Morgan fingerprint density at radius 1 is 1.09 bits per heavy atom. The molecule has 3 fully saturated rings. The molecule has 1 aliphatic heterocycles. The summed E-state index contributed by atoms with van der Waals surface area (Å²) in [4.78, 5) is 28.6. The normalized spacial score (nSPS) is 23.9. The van der Waals surface area contributed by atoms with Gasteiger partial charge in [0.2, 0.25) is 11.8 Å². The van der Waals surface area contributed by atoms with E-state index in [4.69, 9.17) is 0 Å². The highest BCUT2D eigenvalue weighted by atomic mass is 19.1. The standard InChI is InChI=1S/C27H28FN5O2/c28-23-12-18(8-10-21(23)16-6-7-16)25(17-4-2-1-3-5-17)30-27(35)26-22-11-9-19(22)15-33(26)24(34)13-20-14-29-32-31-20/h1-5,8,10,12,14,16,19,22,25-26H,6-7,9,11,13,15H2,(H,30,35)(H,29,31,32)/t19-,22-,25-,26-/m0/s1. The van der Waals surface area contributed by atoms with Crippen molar-refractivity contribution in [3.63, 3.8) is 0 Å². The summed E-state index contributed by atoms with van der Waals surface area (Å²) in [6.45, 7) is 0.587. The molecule has 6 rings (SSSR count). The third-order valence-corrected chi connectivity index (χ3v) is 7.84. The van der Waals surface area contributed by atoms with Crippen molar-refractivity contribution in [2.75, 3.05) is 6.54 Å². The number of nitrogens with zero attached hydrogens (tertiary/aromatic N) is 3. The lowest BCUT2D eigenvalue weighted by molar-refractivity contribution is -0.139. The third kappa shape index (κ3) is 4.22. The van der Waals surface area contributed by atoms with Gasteiger partial charge in [-0.1, -0.05) is 47.7 Å². The van der Waals surface area contributed by atoms with Gasteiger partial charge in [0, 0.05) is 6.54 Å². The summed E-state index contributed by atoms with van der Waals surface area (Å²) in [7, 11) is 0. The highest BCUT2D eigenvalue weighted by Crippen LogP contribution is 2.45. The zero-order chi connectivity index (χ0) is 23.9. The molecule has 3 aromatic rings. The minimum Gasteiger partial charge on any atom is -0.343 e. The summed E-state index contributed by atoms with van der Waals surface area (Å²) in [6, 6.07) is 13.9. The molecule has 7 nitrogen and oxygen atoms in total. The Morgan fingerprint density at radius 2 is 1.91 bits per heavy atom. The van der Waals surface area contributed by atoms with Crippen LogP contribution in [-0.4, -0.2) is 44.7 Å². The van der Waals surface area contributed by atoms with E-state index >= 15 is 0 Å². The highest BCUT2D eigenvalue weighted by Gasteiger charge is 2.52. The molecular weight excluding hydrogens is 445 g/mol. The first kappa shape index (κ1) is 21.9. The highest BCUT2D eigenvalue weighted by molar-refractivity contribution is 5.90. The molecular formula is C27H28FN5O2. The van der Waals surface area contributed by atoms with Gasteiger partial charge in [0.25, 0.3) is 0 Å². The van der Waals surface area contributed by atoms with Gasteiger partial charge in [-0.05, 0) is 66.2 Å². The summed E-state index contributed by atoms with van der Waals surface area (Å²) in [5.41, 5.74) is 2.96. The Morgan fingerprint density at radius 3 is 2.57 bits per heavy atom. The minimum absolute atomic E-state index is 0.110. The molecule has 3 aliphatic rings. The van der Waals surface area contributed by atoms with E-state index in [1.165, 1.54) is 6.20 Å². The lowest BCUT2D eigenvalue weighted by Gasteiger charge is -2.34. The van der Waals surface area contributed by atoms with Crippen molar-refractivity contribution in [1.82, 2.24) is 25.6 Å². The molecule has 0 radical (unpaired) electrons. The number of carbonyl (C=O) groups is 2. The van der Waals surface area contributed by atoms with Gasteiger partial charge >= 0.3 is 0 Å². The van der Waals surface area contributed by atoms with Gasteiger partial charge in [0.1, 0.15) is 11.9 Å². The maximum absolute atomic E-state index is 14.9. The van der Waals surface area contributed by atoms with E-state index in [-0.39, 0.29) is 30.0 Å². The van der Waals surface area contributed by atoms with Gasteiger partial charge in [-0.2, -0.15) is 0 Å². The van der Waals surface area contributed by atoms with Gasteiger partial charge in [-0.15, -0.1) is 5.10 Å². The molecule has 2 N–H and O–H groups in total. The second kappa shape index (κ2) is 8.91. The average molecular weight is 474 g/mol. The van der Waals surface area contributed by atoms with Gasteiger partial charge in [0.05, 0.1) is 24.4 Å². The topological polar surface area (TPSA) is 91.0 Å². The van der Waals surface area contributed by atoms with Crippen molar-refractivity contribution >= 4 is 11.8 Å². The molecule has 0 unspecified atom stereocenters. The molecule has 8 heteroatoms. The number of carbonyl (C=O) groups excluding carboxylic acids is 2. The number of amides is 2. The number of likely N-dealkylation sites (tertiary alicyclic amines) is 1. The fourth-order valence-electron chi connectivity index (χ4n) is 5.68. The average Bonchev–Trinajstić information content (AvgIpc) is 3.49. The Kier molecular flexibility index (Phi) is 5.59. The zero-order valence-electron chi connectivity index (χ0n) is 19.4. The molecule has 0 bridgehead atoms. The minimum atomic E-state index is -0.529. The van der Waals surface area contributed by atoms with Crippen LogP contribution in [0.5, 0.6) is 0 Å². The van der Waals surface area contributed by atoms with E-state index in [9.17, 15) is 14.0 Å². The number of aromatic nitrogens is 3. The monoisotopic (exact) mass is 473 g/mol. The van der Waals surface area contributed by atoms with Crippen LogP contribution >= 0.6 is 0 Å². The molecule has 1 aromatic heterocycles. The number of aromatic amines is 1. The second-order valence-corrected chi connectivity index (χ2v) is 10.1. The van der Waals surface area contributed by atoms with E-state index in [2.05, 4.69) is 20.7 Å². The lowest BCUT2D eigenvalue weighted by Crippen LogP contribution is -2.50. The Balaban J connectivity index is 1.27. The van der Waals surface area contributed by atoms with Crippen molar-refractivity contribution < 1.29 is 14.0 Å². The fourth-order valence-corrected chi connectivity index (χ4v) is 5.68. The van der Waals surface area contributed by atoms with E-state index in [1.54, 1.807) is 11.0 Å². The van der Waals surface area contributed by atoms with Crippen molar-refractivity contribution in [2.45, 2.75) is 50.1 Å². The van der Waals surface area contributed by atoms with Crippen LogP contribution in [0, 0.1) is 17.7 Å². The summed E-state index contributed by atoms with van der Waals surface area (Å²) in [6.07, 6.45) is 5.67. The summed E-state index contributed by atoms with van der Waals surface area (Å²) < 4.78 is 14.9. The first-order valence-corrected chi connectivity index (χ1v) is 12.4. The van der Waals surface area contributed by atoms with Crippen LogP contribution in [0.4, 0.5) is 4.39 Å². The number of H-pyrrole nitrogens is 1. The van der Waals surface area contributed by atoms with E-state index in [0.717, 1.165) is 36.8 Å².